The topological polar surface area (TPSA) is 82.7 Å². The van der Waals surface area contributed by atoms with E-state index in [0.29, 0.717) is 31.1 Å². The van der Waals surface area contributed by atoms with Crippen LogP contribution in [0.5, 0.6) is 0 Å². The average Bonchev–Trinajstić information content (AvgIpc) is 3.55. The van der Waals surface area contributed by atoms with Crippen molar-refractivity contribution in [2.75, 3.05) is 13.2 Å². The van der Waals surface area contributed by atoms with Gasteiger partial charge in [-0.15, -0.1) is 0 Å². The summed E-state index contributed by atoms with van der Waals surface area (Å²) in [4.78, 5) is 25.2. The van der Waals surface area contributed by atoms with E-state index in [-0.39, 0.29) is 37.3 Å². The first-order valence-corrected chi connectivity index (χ1v) is 9.92. The molecule has 1 aliphatic carbocycles. The minimum atomic E-state index is -0.390. The van der Waals surface area contributed by atoms with Crippen LogP contribution in [-0.2, 0) is 29.4 Å². The summed E-state index contributed by atoms with van der Waals surface area (Å²) in [6.07, 6.45) is 7.22. The minimum absolute atomic E-state index is 0.0305. The third kappa shape index (κ3) is 6.25. The Bertz CT molecular complexity index is 926. The van der Waals surface area contributed by atoms with E-state index in [2.05, 4.69) is 12.2 Å². The maximum atomic E-state index is 12.8. The normalized spacial score (nSPS) is 14.3. The van der Waals surface area contributed by atoms with Gasteiger partial charge in [-0.25, -0.2) is 9.36 Å². The number of aromatic nitrogens is 2. The lowest BCUT2D eigenvalue weighted by Gasteiger charge is -2.19. The Morgan fingerprint density at radius 2 is 1.93 bits per heavy atom. The highest BCUT2D eigenvalue weighted by Crippen LogP contribution is 2.24. The van der Waals surface area contributed by atoms with Crippen molar-refractivity contribution in [2.24, 2.45) is 5.92 Å². The number of allylic oxidation sites excluding steroid dienone is 2. The van der Waals surface area contributed by atoms with Crippen molar-refractivity contribution in [1.29, 1.82) is 0 Å². The molecule has 1 aromatic carbocycles. The van der Waals surface area contributed by atoms with Crippen molar-refractivity contribution in [3.05, 3.63) is 80.6 Å². The highest BCUT2D eigenvalue weighted by atomic mass is 16.5. The molecule has 2 aromatic rings. The van der Waals surface area contributed by atoms with Gasteiger partial charge in [0, 0.05) is 18.3 Å². The quantitative estimate of drug-likeness (QED) is 0.550. The van der Waals surface area contributed by atoms with Crippen LogP contribution < -0.4 is 11.2 Å². The molecule has 29 heavy (non-hydrogen) atoms. The summed E-state index contributed by atoms with van der Waals surface area (Å²) in [5.74, 6) is 0.442. The largest absolute Gasteiger partial charge is 0.394 e. The van der Waals surface area contributed by atoms with Crippen LogP contribution in [0.1, 0.15) is 24.0 Å². The average molecular weight is 400 g/mol. The summed E-state index contributed by atoms with van der Waals surface area (Å²) < 4.78 is 14.0. The van der Waals surface area contributed by atoms with Crippen molar-refractivity contribution in [3.63, 3.8) is 0 Å². The third-order valence-electron chi connectivity index (χ3n) is 4.88. The number of nitrogens with zero attached hydrogens (tertiary/aromatic N) is 2. The van der Waals surface area contributed by atoms with E-state index >= 15 is 0 Å². The van der Waals surface area contributed by atoms with E-state index in [4.69, 9.17) is 14.6 Å². The summed E-state index contributed by atoms with van der Waals surface area (Å²) in [5.41, 5.74) is 0.740. The Hall–Kier alpha value is -2.48. The lowest BCUT2D eigenvalue weighted by Crippen LogP contribution is -2.41. The van der Waals surface area contributed by atoms with Gasteiger partial charge in [-0.1, -0.05) is 42.5 Å². The molecular formula is C22H28N2O5. The van der Waals surface area contributed by atoms with E-state index in [9.17, 15) is 9.59 Å². The lowest BCUT2D eigenvalue weighted by molar-refractivity contribution is 0.0148. The molecule has 7 nitrogen and oxygen atoms in total. The van der Waals surface area contributed by atoms with Gasteiger partial charge in [0.05, 0.1) is 25.9 Å². The van der Waals surface area contributed by atoms with Crippen LogP contribution in [0.15, 0.2) is 58.3 Å². The predicted octanol–water partition coefficient (Wildman–Crippen LogP) is 1.84. The van der Waals surface area contributed by atoms with E-state index in [1.807, 2.05) is 30.3 Å². The second-order valence-corrected chi connectivity index (χ2v) is 7.27. The van der Waals surface area contributed by atoms with Crippen LogP contribution in [-0.4, -0.2) is 33.6 Å². The number of hydrogen-bond acceptors (Lipinski definition) is 5. The molecule has 1 aromatic heterocycles. The Labute approximate surface area is 169 Å². The van der Waals surface area contributed by atoms with Crippen LogP contribution in [0.4, 0.5) is 0 Å². The Balaban J connectivity index is 1.65. The monoisotopic (exact) mass is 400 g/mol. The Kier molecular flexibility index (Phi) is 7.57. The molecule has 0 spiro atoms. The molecule has 0 amide bonds. The summed E-state index contributed by atoms with van der Waals surface area (Å²) in [5, 5.41) is 9.01. The highest BCUT2D eigenvalue weighted by Gasteiger charge is 2.19. The number of aliphatic hydroxyl groups excluding tert-OH is 1. The van der Waals surface area contributed by atoms with Crippen LogP contribution in [0.3, 0.4) is 0 Å². The van der Waals surface area contributed by atoms with Crippen LogP contribution >= 0.6 is 0 Å². The lowest BCUT2D eigenvalue weighted by atomic mass is 10.1. The molecule has 0 aliphatic heterocycles. The third-order valence-corrected chi connectivity index (χ3v) is 4.88. The van der Waals surface area contributed by atoms with Gasteiger partial charge >= 0.3 is 5.69 Å². The van der Waals surface area contributed by atoms with E-state index < -0.39 is 0 Å². The molecule has 0 fully saturated rings. The Morgan fingerprint density at radius 3 is 2.62 bits per heavy atom. The molecular weight excluding hydrogens is 372 g/mol. The molecule has 7 heteroatoms. The zero-order valence-corrected chi connectivity index (χ0v) is 16.7. The number of ether oxygens (including phenoxy) is 2. The zero-order valence-electron chi connectivity index (χ0n) is 16.7. The van der Waals surface area contributed by atoms with Crippen molar-refractivity contribution in [2.45, 2.75) is 45.8 Å². The van der Waals surface area contributed by atoms with Crippen molar-refractivity contribution in [1.82, 2.24) is 9.13 Å². The van der Waals surface area contributed by atoms with E-state index in [0.717, 1.165) is 16.6 Å². The maximum Gasteiger partial charge on any atom is 0.332 e. The zero-order chi connectivity index (χ0) is 20.6. The molecule has 0 radical (unpaired) electrons. The molecule has 1 atom stereocenters. The first kappa shape index (κ1) is 21.2. The van der Waals surface area contributed by atoms with Gasteiger partial charge in [0.25, 0.3) is 5.56 Å². The number of aliphatic hydroxyl groups is 1. The van der Waals surface area contributed by atoms with Crippen molar-refractivity contribution >= 4 is 0 Å². The first-order valence-electron chi connectivity index (χ1n) is 9.92. The standard InChI is InChI=1S/C22H28N2O5/c1-17-14-23(10-9-20(29-12-11-25)13-18-7-8-18)22(27)24(21(17)26)16-28-15-19-5-3-2-4-6-19/h2-8,14,18,20,25H,9-13,15-16H2,1H3/t20-/m0/s1. The maximum absolute atomic E-state index is 12.8. The predicted molar refractivity (Wildman–Crippen MR) is 110 cm³/mol. The minimum Gasteiger partial charge on any atom is -0.394 e. The summed E-state index contributed by atoms with van der Waals surface area (Å²) in [7, 11) is 0. The summed E-state index contributed by atoms with van der Waals surface area (Å²) >= 11 is 0. The first-order chi connectivity index (χ1) is 14.1. The van der Waals surface area contributed by atoms with Crippen LogP contribution in [0.2, 0.25) is 0 Å². The molecule has 0 saturated heterocycles. The smallest absolute Gasteiger partial charge is 0.332 e. The van der Waals surface area contributed by atoms with Crippen molar-refractivity contribution in [3.8, 4) is 0 Å². The fraction of sp³-hybridized carbons (Fsp3) is 0.455. The van der Waals surface area contributed by atoms with Crippen LogP contribution in [0.25, 0.3) is 0 Å². The molecule has 1 heterocycles. The molecule has 0 saturated carbocycles. The van der Waals surface area contributed by atoms with E-state index in [1.54, 1.807) is 13.1 Å². The molecule has 156 valence electrons. The van der Waals surface area contributed by atoms with Crippen LogP contribution in [0, 0.1) is 12.8 Å². The molecule has 3 rings (SSSR count). The fourth-order valence-corrected chi connectivity index (χ4v) is 3.21. The fourth-order valence-electron chi connectivity index (χ4n) is 3.21. The second-order valence-electron chi connectivity index (χ2n) is 7.27. The number of hydrogen-bond donors (Lipinski definition) is 1. The number of rotatable bonds is 12. The van der Waals surface area contributed by atoms with Gasteiger partial charge < -0.3 is 14.6 Å². The SMILES string of the molecule is Cc1cn(CC[C@@H](CC2C=C2)OCCO)c(=O)n(COCc2ccccc2)c1=O. The Morgan fingerprint density at radius 1 is 1.17 bits per heavy atom. The van der Waals surface area contributed by atoms with Gasteiger partial charge in [0.1, 0.15) is 6.73 Å². The molecule has 0 unspecified atom stereocenters. The second kappa shape index (κ2) is 10.3. The number of aryl methyl sites for hydroxylation is 2. The molecule has 0 bridgehead atoms. The van der Waals surface area contributed by atoms with Gasteiger partial charge in [0.15, 0.2) is 0 Å². The summed E-state index contributed by atoms with van der Waals surface area (Å²) in [6, 6.07) is 9.61. The number of benzene rings is 1. The van der Waals surface area contributed by atoms with E-state index in [1.165, 1.54) is 4.57 Å². The van der Waals surface area contributed by atoms with Gasteiger partial charge in [0.2, 0.25) is 0 Å². The van der Waals surface area contributed by atoms with Gasteiger partial charge in [-0.2, -0.15) is 0 Å². The van der Waals surface area contributed by atoms with Crippen molar-refractivity contribution < 1.29 is 14.6 Å². The summed E-state index contributed by atoms with van der Waals surface area (Å²) in [6.45, 7) is 2.60. The van der Waals surface area contributed by atoms with Gasteiger partial charge in [-0.05, 0) is 31.2 Å². The highest BCUT2D eigenvalue weighted by molar-refractivity contribution is 5.14. The van der Waals surface area contributed by atoms with Gasteiger partial charge in [-0.3, -0.25) is 9.36 Å². The molecule has 1 N–H and O–H groups in total. The molecule has 1 aliphatic rings.